The standard InChI is InChI=1S/C9H14N4/c1-3-4-7(10)8-6(2)12-5-13-9(8)11/h5,10H,3-4H2,1-2H3,(H2,11,12,13). The molecule has 0 spiro atoms. The fraction of sp³-hybridized carbons (Fsp3) is 0.444. The summed E-state index contributed by atoms with van der Waals surface area (Å²) in [6.07, 6.45) is 3.08. The third kappa shape index (κ3) is 2.02. The van der Waals surface area contributed by atoms with Crippen molar-refractivity contribution in [3.63, 3.8) is 0 Å². The van der Waals surface area contributed by atoms with Crippen LogP contribution in [-0.4, -0.2) is 15.7 Å². The molecule has 1 heterocycles. The third-order valence-electron chi connectivity index (χ3n) is 1.87. The number of anilines is 1. The SMILES string of the molecule is CCCC(=N)c1c(C)ncnc1N. The fourth-order valence-electron chi connectivity index (χ4n) is 1.24. The van der Waals surface area contributed by atoms with Crippen molar-refractivity contribution in [2.24, 2.45) is 0 Å². The van der Waals surface area contributed by atoms with Crippen molar-refractivity contribution in [1.82, 2.24) is 9.97 Å². The maximum absolute atomic E-state index is 7.75. The molecule has 0 aliphatic heterocycles. The van der Waals surface area contributed by atoms with Crippen LogP contribution in [0.2, 0.25) is 0 Å². The van der Waals surface area contributed by atoms with Gasteiger partial charge in [-0.1, -0.05) is 13.3 Å². The molecular formula is C9H14N4. The first-order valence-electron chi connectivity index (χ1n) is 4.31. The van der Waals surface area contributed by atoms with Gasteiger partial charge >= 0.3 is 0 Å². The van der Waals surface area contributed by atoms with Crippen LogP contribution >= 0.6 is 0 Å². The predicted molar refractivity (Wildman–Crippen MR) is 52.9 cm³/mol. The van der Waals surface area contributed by atoms with E-state index in [2.05, 4.69) is 9.97 Å². The first kappa shape index (κ1) is 9.64. The molecule has 1 aromatic rings. The zero-order valence-electron chi connectivity index (χ0n) is 7.96. The largest absolute Gasteiger partial charge is 0.383 e. The number of rotatable bonds is 3. The quantitative estimate of drug-likeness (QED) is 0.689. The summed E-state index contributed by atoms with van der Waals surface area (Å²) in [6.45, 7) is 3.88. The molecule has 0 saturated carbocycles. The molecule has 1 aromatic heterocycles. The molecule has 0 atom stereocenters. The average molecular weight is 178 g/mol. The molecule has 0 bridgehead atoms. The van der Waals surface area contributed by atoms with Gasteiger partial charge in [-0.15, -0.1) is 0 Å². The minimum absolute atomic E-state index is 0.408. The van der Waals surface area contributed by atoms with Crippen LogP contribution in [0.15, 0.2) is 6.33 Å². The van der Waals surface area contributed by atoms with Gasteiger partial charge in [0.15, 0.2) is 0 Å². The number of nitrogen functional groups attached to an aromatic ring is 1. The smallest absolute Gasteiger partial charge is 0.136 e. The lowest BCUT2D eigenvalue weighted by atomic mass is 10.1. The van der Waals surface area contributed by atoms with E-state index < -0.39 is 0 Å². The van der Waals surface area contributed by atoms with Crippen LogP contribution in [0.3, 0.4) is 0 Å². The Morgan fingerprint density at radius 1 is 1.54 bits per heavy atom. The Bertz CT molecular complexity index is 299. The second-order valence-corrected chi connectivity index (χ2v) is 2.95. The summed E-state index contributed by atoms with van der Waals surface area (Å²) in [5.74, 6) is 0.408. The molecular weight excluding hydrogens is 164 g/mol. The van der Waals surface area contributed by atoms with Gasteiger partial charge in [0, 0.05) is 5.71 Å². The van der Waals surface area contributed by atoms with E-state index in [0.29, 0.717) is 17.1 Å². The number of hydrogen-bond donors (Lipinski definition) is 2. The van der Waals surface area contributed by atoms with E-state index in [1.807, 2.05) is 13.8 Å². The summed E-state index contributed by atoms with van der Waals surface area (Å²) in [7, 11) is 0. The molecule has 0 aliphatic carbocycles. The zero-order valence-corrected chi connectivity index (χ0v) is 7.96. The Morgan fingerprint density at radius 2 is 2.23 bits per heavy atom. The first-order chi connectivity index (χ1) is 6.16. The second-order valence-electron chi connectivity index (χ2n) is 2.95. The van der Waals surface area contributed by atoms with Gasteiger partial charge in [0.05, 0.1) is 11.3 Å². The van der Waals surface area contributed by atoms with Crippen molar-refractivity contribution in [3.8, 4) is 0 Å². The maximum atomic E-state index is 7.75. The lowest BCUT2D eigenvalue weighted by molar-refractivity contribution is 0.978. The Kier molecular flexibility index (Phi) is 2.95. The molecule has 0 saturated heterocycles. The lowest BCUT2D eigenvalue weighted by Crippen LogP contribution is -2.09. The maximum Gasteiger partial charge on any atom is 0.136 e. The summed E-state index contributed by atoms with van der Waals surface area (Å²) >= 11 is 0. The summed E-state index contributed by atoms with van der Waals surface area (Å²) in [6, 6.07) is 0. The van der Waals surface area contributed by atoms with E-state index in [4.69, 9.17) is 11.1 Å². The van der Waals surface area contributed by atoms with Crippen LogP contribution in [0.25, 0.3) is 0 Å². The molecule has 1 rings (SSSR count). The van der Waals surface area contributed by atoms with Crippen molar-refractivity contribution < 1.29 is 0 Å². The minimum Gasteiger partial charge on any atom is -0.383 e. The van der Waals surface area contributed by atoms with Crippen molar-refractivity contribution in [2.45, 2.75) is 26.7 Å². The highest BCUT2D eigenvalue weighted by molar-refractivity contribution is 6.02. The van der Waals surface area contributed by atoms with Crippen molar-refractivity contribution >= 4 is 11.5 Å². The van der Waals surface area contributed by atoms with E-state index in [1.165, 1.54) is 6.33 Å². The Labute approximate surface area is 77.7 Å². The molecule has 0 aromatic carbocycles. The van der Waals surface area contributed by atoms with E-state index in [0.717, 1.165) is 18.5 Å². The molecule has 0 aliphatic rings. The normalized spacial score (nSPS) is 10.0. The van der Waals surface area contributed by atoms with E-state index in [9.17, 15) is 0 Å². The van der Waals surface area contributed by atoms with Gasteiger partial charge in [-0.2, -0.15) is 0 Å². The topological polar surface area (TPSA) is 75.7 Å². The second kappa shape index (κ2) is 3.98. The van der Waals surface area contributed by atoms with Gasteiger partial charge in [-0.05, 0) is 13.3 Å². The molecule has 3 N–H and O–H groups in total. The summed E-state index contributed by atoms with van der Waals surface area (Å²) in [5.41, 5.74) is 7.67. The Morgan fingerprint density at radius 3 is 2.77 bits per heavy atom. The molecule has 0 fully saturated rings. The highest BCUT2D eigenvalue weighted by atomic mass is 14.9. The van der Waals surface area contributed by atoms with Gasteiger partial charge in [0.2, 0.25) is 0 Å². The summed E-state index contributed by atoms with van der Waals surface area (Å²) in [5, 5.41) is 7.75. The number of nitrogens with one attached hydrogen (secondary N) is 1. The average Bonchev–Trinajstić information content (AvgIpc) is 2.04. The van der Waals surface area contributed by atoms with Crippen molar-refractivity contribution in [3.05, 3.63) is 17.6 Å². The van der Waals surface area contributed by atoms with E-state index >= 15 is 0 Å². The Hall–Kier alpha value is -1.45. The molecule has 0 unspecified atom stereocenters. The van der Waals surface area contributed by atoms with E-state index in [-0.39, 0.29) is 0 Å². The van der Waals surface area contributed by atoms with Crippen LogP contribution in [-0.2, 0) is 0 Å². The summed E-state index contributed by atoms with van der Waals surface area (Å²) in [4.78, 5) is 7.88. The highest BCUT2D eigenvalue weighted by Gasteiger charge is 2.09. The van der Waals surface area contributed by atoms with Crippen molar-refractivity contribution in [1.29, 1.82) is 5.41 Å². The predicted octanol–water partition coefficient (Wildman–Crippen LogP) is 1.54. The number of nitrogens with two attached hydrogens (primary N) is 1. The van der Waals surface area contributed by atoms with Gasteiger partial charge < -0.3 is 11.1 Å². The van der Waals surface area contributed by atoms with Crippen LogP contribution < -0.4 is 5.73 Å². The third-order valence-corrected chi connectivity index (χ3v) is 1.87. The number of aromatic nitrogens is 2. The zero-order chi connectivity index (χ0) is 9.84. The fourth-order valence-corrected chi connectivity index (χ4v) is 1.24. The van der Waals surface area contributed by atoms with Gasteiger partial charge in [0.1, 0.15) is 12.1 Å². The molecule has 70 valence electrons. The molecule has 0 amide bonds. The monoisotopic (exact) mass is 178 g/mol. The Balaban J connectivity index is 3.05. The summed E-state index contributed by atoms with van der Waals surface area (Å²) < 4.78 is 0. The molecule has 4 nitrogen and oxygen atoms in total. The number of hydrogen-bond acceptors (Lipinski definition) is 4. The molecule has 13 heavy (non-hydrogen) atoms. The van der Waals surface area contributed by atoms with Gasteiger partial charge in [-0.3, -0.25) is 0 Å². The van der Waals surface area contributed by atoms with Gasteiger partial charge in [0.25, 0.3) is 0 Å². The highest BCUT2D eigenvalue weighted by Crippen LogP contribution is 2.13. The van der Waals surface area contributed by atoms with Gasteiger partial charge in [-0.25, -0.2) is 9.97 Å². The number of aryl methyl sites for hydroxylation is 1. The lowest BCUT2D eigenvalue weighted by Gasteiger charge is -2.07. The van der Waals surface area contributed by atoms with Crippen LogP contribution in [0, 0.1) is 12.3 Å². The van der Waals surface area contributed by atoms with E-state index in [1.54, 1.807) is 0 Å². The van der Waals surface area contributed by atoms with Crippen LogP contribution in [0.4, 0.5) is 5.82 Å². The minimum atomic E-state index is 0.408. The van der Waals surface area contributed by atoms with Crippen LogP contribution in [0.5, 0.6) is 0 Å². The number of nitrogens with zero attached hydrogens (tertiary/aromatic N) is 2. The first-order valence-corrected chi connectivity index (χ1v) is 4.31. The molecule has 4 heteroatoms. The van der Waals surface area contributed by atoms with Crippen molar-refractivity contribution in [2.75, 3.05) is 5.73 Å². The van der Waals surface area contributed by atoms with Crippen LogP contribution in [0.1, 0.15) is 31.0 Å². The molecule has 0 radical (unpaired) electrons.